The highest BCUT2D eigenvalue weighted by atomic mass is 16.2. The Labute approximate surface area is 140 Å². The molecule has 2 amide bonds. The van der Waals surface area contributed by atoms with Crippen molar-refractivity contribution in [2.75, 3.05) is 0 Å². The predicted octanol–water partition coefficient (Wildman–Crippen LogP) is 1.40. The van der Waals surface area contributed by atoms with Crippen LogP contribution in [0.3, 0.4) is 0 Å². The average Bonchev–Trinajstić information content (AvgIpc) is 3.39. The van der Waals surface area contributed by atoms with Gasteiger partial charge in [-0.3, -0.25) is 9.59 Å². The number of aromatic nitrogens is 2. The van der Waals surface area contributed by atoms with E-state index >= 15 is 0 Å². The van der Waals surface area contributed by atoms with Crippen molar-refractivity contribution in [3.8, 4) is 0 Å². The first-order chi connectivity index (χ1) is 11.6. The molecule has 0 aliphatic heterocycles. The van der Waals surface area contributed by atoms with E-state index in [1.54, 1.807) is 13.0 Å². The number of aryl methyl sites for hydroxylation is 1. The molecule has 6 nitrogen and oxygen atoms in total. The van der Waals surface area contributed by atoms with E-state index in [0.717, 1.165) is 18.4 Å². The smallest absolute Gasteiger partial charge is 0.270 e. The first-order valence-corrected chi connectivity index (χ1v) is 8.06. The second-order valence-electron chi connectivity index (χ2n) is 5.99. The molecular formula is C18H20N4O2. The minimum atomic E-state index is -0.629. The molecule has 1 aromatic carbocycles. The molecule has 1 aliphatic rings. The van der Waals surface area contributed by atoms with E-state index < -0.39 is 6.04 Å². The first kappa shape index (κ1) is 16.1. The number of hydrogen-bond donors (Lipinski definition) is 2. The minimum absolute atomic E-state index is 0.152. The number of carbonyl (C=O) groups excluding carboxylic acids is 2. The van der Waals surface area contributed by atoms with Gasteiger partial charge in [0.2, 0.25) is 5.91 Å². The summed E-state index contributed by atoms with van der Waals surface area (Å²) < 4.78 is 0. The number of nitrogens with zero attached hydrogens (tertiary/aromatic N) is 2. The number of nitrogens with one attached hydrogen (secondary N) is 2. The van der Waals surface area contributed by atoms with E-state index in [2.05, 4.69) is 20.6 Å². The Morgan fingerprint density at radius 3 is 2.62 bits per heavy atom. The summed E-state index contributed by atoms with van der Waals surface area (Å²) in [6, 6.07) is 10.8. The fourth-order valence-electron chi connectivity index (χ4n) is 2.40. The molecule has 1 aromatic heterocycles. The van der Waals surface area contributed by atoms with Gasteiger partial charge in [0.15, 0.2) is 0 Å². The van der Waals surface area contributed by atoms with Crippen LogP contribution >= 0.6 is 0 Å². The summed E-state index contributed by atoms with van der Waals surface area (Å²) >= 11 is 0. The Bertz CT molecular complexity index is 729. The van der Waals surface area contributed by atoms with Gasteiger partial charge in [0, 0.05) is 18.7 Å². The van der Waals surface area contributed by atoms with Crippen LogP contribution in [0.4, 0.5) is 0 Å². The van der Waals surface area contributed by atoms with Crippen LogP contribution in [0.1, 0.15) is 34.7 Å². The number of benzene rings is 1. The lowest BCUT2D eigenvalue weighted by Gasteiger charge is -2.18. The third kappa shape index (κ3) is 4.38. The maximum Gasteiger partial charge on any atom is 0.270 e. The van der Waals surface area contributed by atoms with Gasteiger partial charge >= 0.3 is 0 Å². The van der Waals surface area contributed by atoms with Crippen LogP contribution in [0.25, 0.3) is 0 Å². The van der Waals surface area contributed by atoms with Gasteiger partial charge in [-0.15, -0.1) is 0 Å². The average molecular weight is 324 g/mol. The molecule has 0 bridgehead atoms. The molecule has 1 atom stereocenters. The SMILES string of the molecule is Cc1nccc(C(=O)N[C@H](Cc2ccccc2)C(=O)NC2CC2)n1. The summed E-state index contributed by atoms with van der Waals surface area (Å²) in [5.74, 6) is -0.00227. The highest BCUT2D eigenvalue weighted by Crippen LogP contribution is 2.19. The lowest BCUT2D eigenvalue weighted by atomic mass is 10.0. The third-order valence-electron chi connectivity index (χ3n) is 3.84. The van der Waals surface area contributed by atoms with E-state index in [1.165, 1.54) is 6.20 Å². The molecule has 1 fully saturated rings. The monoisotopic (exact) mass is 324 g/mol. The number of rotatable bonds is 6. The van der Waals surface area contributed by atoms with Gasteiger partial charge in [0.25, 0.3) is 5.91 Å². The molecule has 0 spiro atoms. The lowest BCUT2D eigenvalue weighted by Crippen LogP contribution is -2.48. The molecular weight excluding hydrogens is 304 g/mol. The largest absolute Gasteiger partial charge is 0.352 e. The molecule has 0 unspecified atom stereocenters. The van der Waals surface area contributed by atoms with Crippen molar-refractivity contribution in [2.45, 2.75) is 38.3 Å². The fourth-order valence-corrected chi connectivity index (χ4v) is 2.40. The van der Waals surface area contributed by atoms with Crippen molar-refractivity contribution in [3.05, 3.63) is 59.7 Å². The van der Waals surface area contributed by atoms with Gasteiger partial charge in [-0.2, -0.15) is 0 Å². The predicted molar refractivity (Wildman–Crippen MR) is 89.3 cm³/mol. The van der Waals surface area contributed by atoms with Gasteiger partial charge in [-0.1, -0.05) is 30.3 Å². The molecule has 1 aliphatic carbocycles. The van der Waals surface area contributed by atoms with Crippen LogP contribution in [0.15, 0.2) is 42.6 Å². The standard InChI is InChI=1S/C18H20N4O2/c1-12-19-10-9-15(20-12)17(23)22-16(18(24)21-14-7-8-14)11-13-5-3-2-4-6-13/h2-6,9-10,14,16H,7-8,11H2,1H3,(H,21,24)(H,22,23)/t16-/m1/s1. The van der Waals surface area contributed by atoms with Crippen LogP contribution in [-0.4, -0.2) is 33.9 Å². The third-order valence-corrected chi connectivity index (χ3v) is 3.84. The molecule has 24 heavy (non-hydrogen) atoms. The lowest BCUT2D eigenvalue weighted by molar-refractivity contribution is -0.123. The van der Waals surface area contributed by atoms with Crippen molar-refractivity contribution in [2.24, 2.45) is 0 Å². The van der Waals surface area contributed by atoms with Gasteiger partial charge in [-0.25, -0.2) is 9.97 Å². The van der Waals surface area contributed by atoms with Crippen LogP contribution in [0.5, 0.6) is 0 Å². The Hall–Kier alpha value is -2.76. The van der Waals surface area contributed by atoms with E-state index in [-0.39, 0.29) is 23.6 Å². The van der Waals surface area contributed by atoms with Gasteiger partial charge in [-0.05, 0) is 31.4 Å². The van der Waals surface area contributed by atoms with Crippen molar-refractivity contribution < 1.29 is 9.59 Å². The second-order valence-corrected chi connectivity index (χ2v) is 5.99. The van der Waals surface area contributed by atoms with Gasteiger partial charge < -0.3 is 10.6 Å². The van der Waals surface area contributed by atoms with Crippen molar-refractivity contribution in [1.29, 1.82) is 0 Å². The van der Waals surface area contributed by atoms with E-state index in [0.29, 0.717) is 12.2 Å². The van der Waals surface area contributed by atoms with Gasteiger partial charge in [0.1, 0.15) is 17.6 Å². The molecule has 6 heteroatoms. The molecule has 1 saturated carbocycles. The molecule has 1 heterocycles. The maximum absolute atomic E-state index is 12.5. The normalized spacial score (nSPS) is 14.7. The zero-order valence-corrected chi connectivity index (χ0v) is 13.5. The number of carbonyl (C=O) groups is 2. The topological polar surface area (TPSA) is 84.0 Å². The van der Waals surface area contributed by atoms with Crippen molar-refractivity contribution >= 4 is 11.8 Å². The van der Waals surface area contributed by atoms with Crippen LogP contribution in [-0.2, 0) is 11.2 Å². The summed E-state index contributed by atoms with van der Waals surface area (Å²) in [6.07, 6.45) is 3.98. The van der Waals surface area contributed by atoms with Gasteiger partial charge in [0.05, 0.1) is 0 Å². The summed E-state index contributed by atoms with van der Waals surface area (Å²) in [4.78, 5) is 33.0. The minimum Gasteiger partial charge on any atom is -0.352 e. The highest BCUT2D eigenvalue weighted by molar-refractivity contribution is 5.96. The fraction of sp³-hybridized carbons (Fsp3) is 0.333. The Kier molecular flexibility index (Phi) is 4.84. The van der Waals surface area contributed by atoms with Crippen molar-refractivity contribution in [3.63, 3.8) is 0 Å². The Balaban J connectivity index is 1.73. The summed E-state index contributed by atoms with van der Waals surface area (Å²) in [5, 5.41) is 5.76. The Morgan fingerprint density at radius 1 is 1.21 bits per heavy atom. The number of amides is 2. The molecule has 3 rings (SSSR count). The molecule has 2 N–H and O–H groups in total. The molecule has 2 aromatic rings. The van der Waals surface area contributed by atoms with E-state index in [9.17, 15) is 9.59 Å². The molecule has 0 radical (unpaired) electrons. The maximum atomic E-state index is 12.5. The van der Waals surface area contributed by atoms with Crippen molar-refractivity contribution in [1.82, 2.24) is 20.6 Å². The Morgan fingerprint density at radius 2 is 1.96 bits per heavy atom. The zero-order chi connectivity index (χ0) is 16.9. The van der Waals surface area contributed by atoms with Crippen LogP contribution < -0.4 is 10.6 Å². The highest BCUT2D eigenvalue weighted by Gasteiger charge is 2.29. The van der Waals surface area contributed by atoms with Crippen LogP contribution in [0.2, 0.25) is 0 Å². The summed E-state index contributed by atoms with van der Waals surface area (Å²) in [5.41, 5.74) is 1.26. The number of hydrogen-bond acceptors (Lipinski definition) is 4. The van der Waals surface area contributed by atoms with Crippen LogP contribution in [0, 0.1) is 6.92 Å². The summed E-state index contributed by atoms with van der Waals surface area (Å²) in [7, 11) is 0. The van der Waals surface area contributed by atoms with E-state index in [4.69, 9.17) is 0 Å². The molecule has 124 valence electrons. The first-order valence-electron chi connectivity index (χ1n) is 8.06. The van der Waals surface area contributed by atoms with E-state index in [1.807, 2.05) is 30.3 Å². The zero-order valence-electron chi connectivity index (χ0n) is 13.5. The second kappa shape index (κ2) is 7.21. The summed E-state index contributed by atoms with van der Waals surface area (Å²) in [6.45, 7) is 1.72. The quantitative estimate of drug-likeness (QED) is 0.841. The molecule has 0 saturated heterocycles.